The van der Waals surface area contributed by atoms with Crippen LogP contribution in [0.25, 0.3) is 11.0 Å². The molecule has 0 radical (unpaired) electrons. The van der Waals surface area contributed by atoms with Crippen LogP contribution in [0.4, 0.5) is 5.95 Å². The highest BCUT2D eigenvalue weighted by molar-refractivity contribution is 5.99. The van der Waals surface area contributed by atoms with Gasteiger partial charge in [-0.2, -0.15) is 15.4 Å². The number of piperazine rings is 1. The summed E-state index contributed by atoms with van der Waals surface area (Å²) in [6, 6.07) is 5.56. The third-order valence-electron chi connectivity index (χ3n) is 4.79. The number of H-pyrrole nitrogens is 1. The van der Waals surface area contributed by atoms with Crippen LogP contribution in [-0.4, -0.2) is 86.0 Å². The molecule has 3 aromatic rings. The fourth-order valence-corrected chi connectivity index (χ4v) is 3.21. The molecule has 1 aliphatic rings. The van der Waals surface area contributed by atoms with Crippen molar-refractivity contribution in [1.82, 2.24) is 35.6 Å². The zero-order chi connectivity index (χ0) is 20.2. The van der Waals surface area contributed by atoms with Crippen LogP contribution < -0.4 is 10.2 Å². The number of hydrogen-bond acceptors (Lipinski definition) is 8. The molecule has 0 spiro atoms. The van der Waals surface area contributed by atoms with Crippen molar-refractivity contribution in [3.8, 4) is 0 Å². The van der Waals surface area contributed by atoms with E-state index in [0.29, 0.717) is 48.7 Å². The molecule has 2 aromatic heterocycles. The van der Waals surface area contributed by atoms with Gasteiger partial charge in [0.1, 0.15) is 17.1 Å². The van der Waals surface area contributed by atoms with E-state index in [4.69, 9.17) is 0 Å². The van der Waals surface area contributed by atoms with Crippen molar-refractivity contribution in [1.29, 1.82) is 0 Å². The maximum atomic E-state index is 12.8. The van der Waals surface area contributed by atoms with Crippen LogP contribution in [0.15, 0.2) is 36.7 Å². The first-order valence-corrected chi connectivity index (χ1v) is 9.18. The number of amides is 2. The Morgan fingerprint density at radius 2 is 1.83 bits per heavy atom. The summed E-state index contributed by atoms with van der Waals surface area (Å²) in [4.78, 5) is 37.4. The summed E-state index contributed by atoms with van der Waals surface area (Å²) in [5.41, 5.74) is 1.52. The fourth-order valence-electron chi connectivity index (χ4n) is 3.21. The van der Waals surface area contributed by atoms with Gasteiger partial charge in [0.25, 0.3) is 5.91 Å². The van der Waals surface area contributed by atoms with Crippen LogP contribution in [0.2, 0.25) is 0 Å². The van der Waals surface area contributed by atoms with E-state index in [1.165, 1.54) is 0 Å². The van der Waals surface area contributed by atoms with E-state index < -0.39 is 18.6 Å². The molecular formula is C18H20N8O3. The lowest BCUT2D eigenvalue weighted by Crippen LogP contribution is -2.56. The molecular weight excluding hydrogens is 376 g/mol. The van der Waals surface area contributed by atoms with Gasteiger partial charge in [0.15, 0.2) is 0 Å². The number of anilines is 1. The summed E-state index contributed by atoms with van der Waals surface area (Å²) < 4.78 is 0. The minimum atomic E-state index is -1.02. The van der Waals surface area contributed by atoms with Gasteiger partial charge in [-0.05, 0) is 24.3 Å². The van der Waals surface area contributed by atoms with E-state index in [2.05, 4.69) is 30.7 Å². The highest BCUT2D eigenvalue weighted by Gasteiger charge is 2.29. The van der Waals surface area contributed by atoms with Gasteiger partial charge in [-0.3, -0.25) is 9.59 Å². The van der Waals surface area contributed by atoms with E-state index in [0.717, 1.165) is 0 Å². The van der Waals surface area contributed by atoms with Gasteiger partial charge >= 0.3 is 0 Å². The predicted molar refractivity (Wildman–Crippen MR) is 103 cm³/mol. The highest BCUT2D eigenvalue weighted by atomic mass is 16.3. The van der Waals surface area contributed by atoms with Crippen LogP contribution in [-0.2, 0) is 4.79 Å². The summed E-state index contributed by atoms with van der Waals surface area (Å²) >= 11 is 0. The zero-order valence-corrected chi connectivity index (χ0v) is 15.5. The molecule has 1 aliphatic heterocycles. The number of nitrogens with zero attached hydrogens (tertiary/aromatic N) is 6. The summed E-state index contributed by atoms with van der Waals surface area (Å²) in [6.07, 6.45) is 3.35. The number of benzene rings is 1. The van der Waals surface area contributed by atoms with Crippen LogP contribution in [0.3, 0.4) is 0 Å². The molecule has 3 heterocycles. The quantitative estimate of drug-likeness (QED) is 0.509. The Bertz CT molecular complexity index is 1000. The van der Waals surface area contributed by atoms with Crippen molar-refractivity contribution in [2.24, 2.45) is 0 Å². The molecule has 0 unspecified atom stereocenters. The van der Waals surface area contributed by atoms with E-state index >= 15 is 0 Å². The van der Waals surface area contributed by atoms with Crippen LogP contribution in [0, 0.1) is 0 Å². The SMILES string of the molecule is O=C(N[C@@H](CO)C(=O)N1CCN(c2ncccn2)CC1)c1ccc2n[nH]nc2c1. The number of aromatic nitrogens is 5. The van der Waals surface area contributed by atoms with E-state index in [-0.39, 0.29) is 5.91 Å². The number of aromatic amines is 1. The number of rotatable bonds is 5. The molecule has 1 saturated heterocycles. The first-order valence-electron chi connectivity index (χ1n) is 9.18. The fraction of sp³-hybridized carbons (Fsp3) is 0.333. The maximum absolute atomic E-state index is 12.8. The molecule has 150 valence electrons. The molecule has 2 amide bonds. The van der Waals surface area contributed by atoms with Gasteiger partial charge in [-0.1, -0.05) is 0 Å². The molecule has 1 aromatic carbocycles. The van der Waals surface area contributed by atoms with E-state index in [9.17, 15) is 14.7 Å². The molecule has 3 N–H and O–H groups in total. The number of carbonyl (C=O) groups is 2. The Kier molecular flexibility index (Phi) is 5.29. The largest absolute Gasteiger partial charge is 0.394 e. The molecule has 11 nitrogen and oxygen atoms in total. The van der Waals surface area contributed by atoms with Gasteiger partial charge in [0.2, 0.25) is 11.9 Å². The van der Waals surface area contributed by atoms with Gasteiger partial charge in [0, 0.05) is 44.1 Å². The zero-order valence-electron chi connectivity index (χ0n) is 15.5. The number of nitrogens with one attached hydrogen (secondary N) is 2. The van der Waals surface area contributed by atoms with Crippen molar-refractivity contribution in [3.05, 3.63) is 42.2 Å². The summed E-state index contributed by atoms with van der Waals surface area (Å²) in [6.45, 7) is 1.57. The first kappa shape index (κ1) is 18.7. The van der Waals surface area contributed by atoms with Crippen LogP contribution in [0.1, 0.15) is 10.4 Å². The lowest BCUT2D eigenvalue weighted by Gasteiger charge is -2.36. The van der Waals surface area contributed by atoms with Crippen molar-refractivity contribution in [3.63, 3.8) is 0 Å². The smallest absolute Gasteiger partial charge is 0.252 e. The Balaban J connectivity index is 1.37. The molecule has 1 fully saturated rings. The number of hydrogen-bond donors (Lipinski definition) is 3. The maximum Gasteiger partial charge on any atom is 0.252 e. The van der Waals surface area contributed by atoms with Gasteiger partial charge in [0.05, 0.1) is 6.61 Å². The third-order valence-corrected chi connectivity index (χ3v) is 4.79. The number of aliphatic hydroxyl groups is 1. The lowest BCUT2D eigenvalue weighted by atomic mass is 10.1. The Labute approximate surface area is 165 Å². The lowest BCUT2D eigenvalue weighted by molar-refractivity contribution is -0.134. The topological polar surface area (TPSA) is 140 Å². The molecule has 1 atom stereocenters. The Hall–Kier alpha value is -3.60. The van der Waals surface area contributed by atoms with E-state index in [1.807, 2.05) is 4.90 Å². The van der Waals surface area contributed by atoms with E-state index in [1.54, 1.807) is 41.6 Å². The second-order valence-electron chi connectivity index (χ2n) is 6.60. The van der Waals surface area contributed by atoms with Crippen molar-refractivity contribution >= 4 is 28.8 Å². The second kappa shape index (κ2) is 8.19. The summed E-state index contributed by atoms with van der Waals surface area (Å²) in [5.74, 6) is -0.162. The minimum absolute atomic E-state index is 0.322. The van der Waals surface area contributed by atoms with Crippen molar-refractivity contribution < 1.29 is 14.7 Å². The van der Waals surface area contributed by atoms with Crippen molar-refractivity contribution in [2.45, 2.75) is 6.04 Å². The average molecular weight is 396 g/mol. The van der Waals surface area contributed by atoms with Gasteiger partial charge in [-0.15, -0.1) is 0 Å². The normalized spacial score (nSPS) is 15.3. The Morgan fingerprint density at radius 1 is 1.10 bits per heavy atom. The second-order valence-corrected chi connectivity index (χ2v) is 6.60. The Morgan fingerprint density at radius 3 is 2.55 bits per heavy atom. The summed E-state index contributed by atoms with van der Waals surface area (Å²) in [5, 5.41) is 22.6. The first-order chi connectivity index (χ1) is 14.2. The molecule has 11 heteroatoms. The molecule has 29 heavy (non-hydrogen) atoms. The molecule has 0 saturated carbocycles. The third kappa shape index (κ3) is 3.99. The molecule has 0 aliphatic carbocycles. The number of aliphatic hydroxyl groups excluding tert-OH is 1. The standard InChI is InChI=1S/C18H20N8O3/c27-11-15(21-16(28)12-2-3-13-14(10-12)23-24-22-13)17(29)25-6-8-26(9-7-25)18-19-4-1-5-20-18/h1-5,10,15,27H,6-9,11H2,(H,21,28)(H,22,23,24)/t15-/m0/s1. The monoisotopic (exact) mass is 396 g/mol. The highest BCUT2D eigenvalue weighted by Crippen LogP contribution is 2.12. The van der Waals surface area contributed by atoms with Crippen LogP contribution >= 0.6 is 0 Å². The summed E-state index contributed by atoms with van der Waals surface area (Å²) in [7, 11) is 0. The van der Waals surface area contributed by atoms with Crippen molar-refractivity contribution in [2.75, 3.05) is 37.7 Å². The van der Waals surface area contributed by atoms with Gasteiger partial charge in [-0.25, -0.2) is 9.97 Å². The number of fused-ring (bicyclic) bond motifs is 1. The van der Waals surface area contributed by atoms with Gasteiger partial charge < -0.3 is 20.2 Å². The predicted octanol–water partition coefficient (Wildman–Crippen LogP) is -0.813. The molecule has 0 bridgehead atoms. The average Bonchev–Trinajstić information content (AvgIpc) is 3.25. The minimum Gasteiger partial charge on any atom is -0.394 e. The van der Waals surface area contributed by atoms with Crippen LogP contribution in [0.5, 0.6) is 0 Å². The number of carbonyl (C=O) groups excluding carboxylic acids is 2. The molecule has 4 rings (SSSR count).